The van der Waals surface area contributed by atoms with Crippen molar-refractivity contribution in [3.8, 4) is 11.5 Å². The molecule has 1 N–H and O–H groups in total. The molecule has 0 saturated carbocycles. The van der Waals surface area contributed by atoms with Crippen LogP contribution in [0.4, 0.5) is 13.2 Å². The lowest BCUT2D eigenvalue weighted by atomic mass is 10.1. The van der Waals surface area contributed by atoms with E-state index in [0.29, 0.717) is 17.1 Å². The minimum Gasteiger partial charge on any atom is -0.465 e. The summed E-state index contributed by atoms with van der Waals surface area (Å²) in [7, 11) is -2.58. The fourth-order valence-electron chi connectivity index (χ4n) is 2.98. The summed E-state index contributed by atoms with van der Waals surface area (Å²) in [5, 5.41) is 0. The van der Waals surface area contributed by atoms with Gasteiger partial charge in [-0.25, -0.2) is 17.9 Å². The Morgan fingerprint density at radius 3 is 2.14 bits per heavy atom. The number of carbonyl (C=O) groups is 1. The van der Waals surface area contributed by atoms with Gasteiger partial charge in [0.05, 0.1) is 23.1 Å². The van der Waals surface area contributed by atoms with E-state index in [4.69, 9.17) is 4.74 Å². The standard InChI is InChI=1S/C24H22F3NO5S2/c1-16-3-12-21(15-22(16)23(29)32-2)35(30,31)28-13-14-34-20-10-8-19(9-11-20)33-18-6-4-17(5-7-18)24(25,26)27/h3-12,15,28H,13-14H2,1-2H3. The Balaban J connectivity index is 1.51. The van der Waals surface area contributed by atoms with Gasteiger partial charge in [-0.05, 0) is 73.2 Å². The van der Waals surface area contributed by atoms with Crippen LogP contribution in [0.2, 0.25) is 0 Å². The van der Waals surface area contributed by atoms with Crippen molar-refractivity contribution in [2.75, 3.05) is 19.4 Å². The van der Waals surface area contributed by atoms with Crippen LogP contribution in [0, 0.1) is 6.92 Å². The Kier molecular flexibility index (Phi) is 8.47. The minimum absolute atomic E-state index is 0.0294. The van der Waals surface area contributed by atoms with Gasteiger partial charge in [0, 0.05) is 17.2 Å². The molecular formula is C24H22F3NO5S2. The summed E-state index contributed by atoms with van der Waals surface area (Å²) in [5.74, 6) is 0.560. The van der Waals surface area contributed by atoms with Gasteiger partial charge in [-0.3, -0.25) is 0 Å². The maximum Gasteiger partial charge on any atom is 0.416 e. The number of sulfonamides is 1. The summed E-state index contributed by atoms with van der Waals surface area (Å²) < 4.78 is 75.8. The van der Waals surface area contributed by atoms with Crippen LogP contribution in [0.3, 0.4) is 0 Å². The van der Waals surface area contributed by atoms with Gasteiger partial charge in [-0.1, -0.05) is 6.07 Å². The zero-order valence-electron chi connectivity index (χ0n) is 18.8. The molecule has 0 radical (unpaired) electrons. The van der Waals surface area contributed by atoms with E-state index in [9.17, 15) is 26.4 Å². The number of benzene rings is 3. The molecule has 0 spiro atoms. The second-order valence-corrected chi connectivity index (χ2v) is 10.2. The maximum absolute atomic E-state index is 12.6. The number of alkyl halides is 3. The number of rotatable bonds is 9. The number of hydrogen-bond donors (Lipinski definition) is 1. The molecule has 0 aliphatic carbocycles. The molecule has 35 heavy (non-hydrogen) atoms. The van der Waals surface area contributed by atoms with Crippen LogP contribution in [0.15, 0.2) is 76.5 Å². The number of thioether (sulfide) groups is 1. The Morgan fingerprint density at radius 2 is 1.57 bits per heavy atom. The van der Waals surface area contributed by atoms with E-state index in [1.807, 2.05) is 0 Å². The van der Waals surface area contributed by atoms with Crippen LogP contribution in [0.5, 0.6) is 11.5 Å². The summed E-state index contributed by atoms with van der Waals surface area (Å²) in [6.07, 6.45) is -4.41. The number of esters is 1. The van der Waals surface area contributed by atoms with Crippen molar-refractivity contribution in [2.45, 2.75) is 22.9 Å². The molecule has 0 saturated heterocycles. The molecule has 186 valence electrons. The molecule has 0 aliphatic heterocycles. The predicted molar refractivity (Wildman–Crippen MR) is 126 cm³/mol. The first-order chi connectivity index (χ1) is 16.5. The third-order valence-corrected chi connectivity index (χ3v) is 7.30. The molecule has 0 atom stereocenters. The summed E-state index contributed by atoms with van der Waals surface area (Å²) in [6, 6.07) is 15.5. The second kappa shape index (κ2) is 11.1. The fraction of sp³-hybridized carbons (Fsp3) is 0.208. The molecule has 0 unspecified atom stereocenters. The molecule has 3 rings (SSSR count). The number of methoxy groups -OCH3 is 1. The van der Waals surface area contributed by atoms with Gasteiger partial charge in [-0.2, -0.15) is 13.2 Å². The van der Waals surface area contributed by atoms with E-state index in [-0.39, 0.29) is 22.8 Å². The van der Waals surface area contributed by atoms with Crippen molar-refractivity contribution >= 4 is 27.8 Å². The smallest absolute Gasteiger partial charge is 0.416 e. The van der Waals surface area contributed by atoms with E-state index in [0.717, 1.165) is 17.0 Å². The van der Waals surface area contributed by atoms with Gasteiger partial charge < -0.3 is 9.47 Å². The average molecular weight is 526 g/mol. The number of ether oxygens (including phenoxy) is 2. The number of hydrogen-bond acceptors (Lipinski definition) is 6. The highest BCUT2D eigenvalue weighted by molar-refractivity contribution is 7.99. The summed E-state index contributed by atoms with van der Waals surface area (Å²) in [5.41, 5.74) is 0.0407. The molecule has 0 aromatic heterocycles. The van der Waals surface area contributed by atoms with E-state index >= 15 is 0 Å². The van der Waals surface area contributed by atoms with Gasteiger partial charge in [0.2, 0.25) is 10.0 Å². The topological polar surface area (TPSA) is 81.7 Å². The number of carbonyl (C=O) groups excluding carboxylic acids is 1. The second-order valence-electron chi connectivity index (χ2n) is 7.31. The fourth-order valence-corrected chi connectivity index (χ4v) is 4.93. The highest BCUT2D eigenvalue weighted by atomic mass is 32.2. The quantitative estimate of drug-likeness (QED) is 0.221. The molecule has 0 heterocycles. The van der Waals surface area contributed by atoms with Gasteiger partial charge in [0.25, 0.3) is 0 Å². The molecule has 0 amide bonds. The van der Waals surface area contributed by atoms with Crippen molar-refractivity contribution in [1.82, 2.24) is 4.72 Å². The lowest BCUT2D eigenvalue weighted by molar-refractivity contribution is -0.137. The molecule has 3 aromatic rings. The van der Waals surface area contributed by atoms with E-state index in [2.05, 4.69) is 9.46 Å². The highest BCUT2D eigenvalue weighted by Gasteiger charge is 2.30. The average Bonchev–Trinajstić information content (AvgIpc) is 2.82. The highest BCUT2D eigenvalue weighted by Crippen LogP contribution is 2.31. The maximum atomic E-state index is 12.6. The molecular weight excluding hydrogens is 503 g/mol. The zero-order valence-corrected chi connectivity index (χ0v) is 20.4. The molecule has 0 aliphatic rings. The van der Waals surface area contributed by atoms with Crippen LogP contribution < -0.4 is 9.46 Å². The normalized spacial score (nSPS) is 11.8. The Hall–Kier alpha value is -3.02. The van der Waals surface area contributed by atoms with E-state index < -0.39 is 27.7 Å². The lowest BCUT2D eigenvalue weighted by Crippen LogP contribution is -2.26. The monoisotopic (exact) mass is 525 g/mol. The van der Waals surface area contributed by atoms with Crippen LogP contribution in [-0.2, 0) is 20.9 Å². The van der Waals surface area contributed by atoms with Crippen molar-refractivity contribution < 1.29 is 35.9 Å². The molecule has 3 aromatic carbocycles. The first-order valence-electron chi connectivity index (χ1n) is 10.3. The molecule has 6 nitrogen and oxygen atoms in total. The summed E-state index contributed by atoms with van der Waals surface area (Å²) >= 11 is 1.41. The van der Waals surface area contributed by atoms with Crippen LogP contribution in [-0.4, -0.2) is 33.8 Å². The third kappa shape index (κ3) is 7.23. The van der Waals surface area contributed by atoms with Gasteiger partial charge in [-0.15, -0.1) is 11.8 Å². The van der Waals surface area contributed by atoms with Crippen molar-refractivity contribution in [1.29, 1.82) is 0 Å². The number of halogens is 3. The predicted octanol–water partition coefficient (Wildman–Crippen LogP) is 5.66. The summed E-state index contributed by atoms with van der Waals surface area (Å²) in [6.45, 7) is 1.84. The Labute approximate surface area is 205 Å². The first-order valence-corrected chi connectivity index (χ1v) is 12.7. The Morgan fingerprint density at radius 1 is 0.971 bits per heavy atom. The van der Waals surface area contributed by atoms with Crippen molar-refractivity contribution in [2.24, 2.45) is 0 Å². The van der Waals surface area contributed by atoms with Crippen LogP contribution in [0.25, 0.3) is 0 Å². The van der Waals surface area contributed by atoms with E-state index in [1.165, 1.54) is 43.1 Å². The molecule has 11 heteroatoms. The van der Waals surface area contributed by atoms with Gasteiger partial charge >= 0.3 is 12.1 Å². The van der Waals surface area contributed by atoms with Crippen molar-refractivity contribution in [3.05, 3.63) is 83.4 Å². The summed E-state index contributed by atoms with van der Waals surface area (Å²) in [4.78, 5) is 12.6. The van der Waals surface area contributed by atoms with Crippen LogP contribution in [0.1, 0.15) is 21.5 Å². The third-order valence-electron chi connectivity index (χ3n) is 4.83. The molecule has 0 fully saturated rings. The number of aryl methyl sites for hydroxylation is 1. The first kappa shape index (κ1) is 26.6. The minimum atomic E-state index is -4.41. The lowest BCUT2D eigenvalue weighted by Gasteiger charge is -2.10. The van der Waals surface area contributed by atoms with Gasteiger partial charge in [0.1, 0.15) is 11.5 Å². The zero-order chi connectivity index (χ0) is 25.6. The molecule has 0 bridgehead atoms. The van der Waals surface area contributed by atoms with Crippen LogP contribution >= 0.6 is 11.8 Å². The van der Waals surface area contributed by atoms with Crippen molar-refractivity contribution in [3.63, 3.8) is 0 Å². The largest absolute Gasteiger partial charge is 0.465 e. The number of nitrogens with one attached hydrogen (secondary N) is 1. The van der Waals surface area contributed by atoms with Gasteiger partial charge in [0.15, 0.2) is 0 Å². The SMILES string of the molecule is COC(=O)c1cc(S(=O)(=O)NCCSc2ccc(Oc3ccc(C(F)(F)F)cc3)cc2)ccc1C. The van der Waals surface area contributed by atoms with E-state index in [1.54, 1.807) is 37.3 Å². The Bertz CT molecular complexity index is 1280.